The molecule has 0 radical (unpaired) electrons. The summed E-state index contributed by atoms with van der Waals surface area (Å²) in [6.07, 6.45) is 0.869. The number of anilines is 1. The molecule has 1 amide bonds. The lowest BCUT2D eigenvalue weighted by Crippen LogP contribution is -2.49. The van der Waals surface area contributed by atoms with Crippen LogP contribution in [0, 0.1) is 0 Å². The summed E-state index contributed by atoms with van der Waals surface area (Å²) in [6.45, 7) is 2.79. The Hall–Kier alpha value is -1.53. The van der Waals surface area contributed by atoms with Crippen molar-refractivity contribution in [3.63, 3.8) is 0 Å². The quantitative estimate of drug-likeness (QED) is 0.681. The van der Waals surface area contributed by atoms with E-state index in [1.54, 1.807) is 30.2 Å². The first-order valence-electron chi connectivity index (χ1n) is 6.23. The predicted molar refractivity (Wildman–Crippen MR) is 83.4 cm³/mol. The van der Waals surface area contributed by atoms with Crippen LogP contribution in [0.2, 0.25) is 5.02 Å². The van der Waals surface area contributed by atoms with Crippen molar-refractivity contribution < 1.29 is 9.53 Å². The SMILES string of the molecule is COc1ccc(Cl)cc1NC(=S)N1CCN(C=O)CC1. The van der Waals surface area contributed by atoms with Gasteiger partial charge in [-0.3, -0.25) is 4.79 Å². The molecule has 0 bridgehead atoms. The Morgan fingerprint density at radius 2 is 2.10 bits per heavy atom. The summed E-state index contributed by atoms with van der Waals surface area (Å²) in [5.41, 5.74) is 0.739. The first kappa shape index (κ1) is 14.9. The maximum Gasteiger partial charge on any atom is 0.209 e. The Labute approximate surface area is 128 Å². The van der Waals surface area contributed by atoms with Gasteiger partial charge in [0.15, 0.2) is 5.11 Å². The van der Waals surface area contributed by atoms with E-state index in [0.717, 1.165) is 12.1 Å². The number of hydrogen-bond acceptors (Lipinski definition) is 3. The van der Waals surface area contributed by atoms with Gasteiger partial charge in [-0.25, -0.2) is 0 Å². The molecule has 0 spiro atoms. The van der Waals surface area contributed by atoms with Crippen molar-refractivity contribution in [2.24, 2.45) is 0 Å². The number of nitrogens with one attached hydrogen (secondary N) is 1. The lowest BCUT2D eigenvalue weighted by Gasteiger charge is -2.34. The third-order valence-corrected chi connectivity index (χ3v) is 3.75. The van der Waals surface area contributed by atoms with Crippen LogP contribution >= 0.6 is 23.8 Å². The number of carbonyl (C=O) groups is 1. The van der Waals surface area contributed by atoms with Crippen LogP contribution in [-0.4, -0.2) is 54.6 Å². The number of amides is 1. The predicted octanol–water partition coefficient (Wildman–Crippen LogP) is 1.82. The zero-order valence-corrected chi connectivity index (χ0v) is 12.7. The fourth-order valence-corrected chi connectivity index (χ4v) is 2.47. The minimum absolute atomic E-state index is 0.608. The molecule has 1 fully saturated rings. The van der Waals surface area contributed by atoms with E-state index in [1.807, 2.05) is 4.90 Å². The largest absolute Gasteiger partial charge is 0.495 e. The van der Waals surface area contributed by atoms with Gasteiger partial charge in [-0.15, -0.1) is 0 Å². The van der Waals surface area contributed by atoms with Gasteiger partial charge in [-0.05, 0) is 30.4 Å². The van der Waals surface area contributed by atoms with Gasteiger partial charge in [0.2, 0.25) is 6.41 Å². The minimum Gasteiger partial charge on any atom is -0.495 e. The molecule has 0 aromatic heterocycles. The number of nitrogens with zero attached hydrogens (tertiary/aromatic N) is 2. The average molecular weight is 314 g/mol. The van der Waals surface area contributed by atoms with E-state index in [1.165, 1.54) is 0 Å². The van der Waals surface area contributed by atoms with Gasteiger partial charge in [0, 0.05) is 31.2 Å². The summed E-state index contributed by atoms with van der Waals surface area (Å²) >= 11 is 11.4. The van der Waals surface area contributed by atoms with E-state index in [9.17, 15) is 4.79 Å². The summed E-state index contributed by atoms with van der Waals surface area (Å²) in [6, 6.07) is 5.32. The Kier molecular flexibility index (Phi) is 5.03. The molecule has 5 nitrogen and oxygen atoms in total. The van der Waals surface area contributed by atoms with Crippen LogP contribution in [0.15, 0.2) is 18.2 Å². The summed E-state index contributed by atoms with van der Waals surface area (Å²) in [4.78, 5) is 14.4. The molecule has 1 saturated heterocycles. The van der Waals surface area contributed by atoms with E-state index in [-0.39, 0.29) is 0 Å². The number of thiocarbonyl (C=S) groups is 1. The van der Waals surface area contributed by atoms with Crippen LogP contribution in [0.1, 0.15) is 0 Å². The topological polar surface area (TPSA) is 44.8 Å². The fourth-order valence-electron chi connectivity index (χ4n) is 2.00. The van der Waals surface area contributed by atoms with Gasteiger partial charge >= 0.3 is 0 Å². The number of halogens is 1. The minimum atomic E-state index is 0.608. The van der Waals surface area contributed by atoms with Gasteiger partial charge in [-0.2, -0.15) is 0 Å². The van der Waals surface area contributed by atoms with Gasteiger partial charge in [-0.1, -0.05) is 11.6 Å². The molecule has 108 valence electrons. The molecular formula is C13H16ClN3O2S. The molecule has 1 aromatic carbocycles. The zero-order chi connectivity index (χ0) is 14.5. The molecule has 1 aliphatic heterocycles. The number of rotatable bonds is 3. The number of benzene rings is 1. The molecule has 1 aliphatic rings. The average Bonchev–Trinajstić information content (AvgIpc) is 2.47. The highest BCUT2D eigenvalue weighted by molar-refractivity contribution is 7.80. The second kappa shape index (κ2) is 6.76. The Morgan fingerprint density at radius 1 is 1.40 bits per heavy atom. The maximum atomic E-state index is 10.7. The summed E-state index contributed by atoms with van der Waals surface area (Å²) in [5, 5.41) is 4.37. The number of carbonyl (C=O) groups excluding carboxylic acids is 1. The highest BCUT2D eigenvalue weighted by Crippen LogP contribution is 2.28. The van der Waals surface area contributed by atoms with E-state index < -0.39 is 0 Å². The second-order valence-corrected chi connectivity index (χ2v) is 5.23. The van der Waals surface area contributed by atoms with Crippen LogP contribution < -0.4 is 10.1 Å². The molecule has 0 aliphatic carbocycles. The Morgan fingerprint density at radius 3 is 2.70 bits per heavy atom. The van der Waals surface area contributed by atoms with Crippen LogP contribution in [0.3, 0.4) is 0 Å². The van der Waals surface area contributed by atoms with Crippen molar-refractivity contribution >= 4 is 41.0 Å². The molecule has 0 unspecified atom stereocenters. The van der Waals surface area contributed by atoms with E-state index in [2.05, 4.69) is 5.32 Å². The normalized spacial score (nSPS) is 14.9. The molecule has 1 aromatic rings. The molecule has 0 saturated carbocycles. The van der Waals surface area contributed by atoms with Gasteiger partial charge in [0.05, 0.1) is 12.8 Å². The third kappa shape index (κ3) is 3.52. The van der Waals surface area contributed by atoms with Crippen molar-refractivity contribution in [2.75, 3.05) is 38.6 Å². The first-order valence-corrected chi connectivity index (χ1v) is 7.01. The van der Waals surface area contributed by atoms with Gasteiger partial charge in [0.1, 0.15) is 5.75 Å². The maximum absolute atomic E-state index is 10.7. The van der Waals surface area contributed by atoms with Crippen LogP contribution in [0.25, 0.3) is 0 Å². The molecule has 0 atom stereocenters. The van der Waals surface area contributed by atoms with E-state index in [0.29, 0.717) is 42.1 Å². The molecular weight excluding hydrogens is 298 g/mol. The standard InChI is InChI=1S/C13H16ClN3O2S/c1-19-12-3-2-10(14)8-11(12)15-13(20)17-6-4-16(9-18)5-7-17/h2-3,8-9H,4-7H2,1H3,(H,15,20). The Bertz CT molecular complexity index is 504. The van der Waals surface area contributed by atoms with E-state index >= 15 is 0 Å². The zero-order valence-electron chi connectivity index (χ0n) is 11.1. The lowest BCUT2D eigenvalue weighted by molar-refractivity contribution is -0.119. The van der Waals surface area contributed by atoms with Crippen molar-refractivity contribution in [2.45, 2.75) is 0 Å². The monoisotopic (exact) mass is 313 g/mol. The molecule has 1 heterocycles. The number of hydrogen-bond donors (Lipinski definition) is 1. The second-order valence-electron chi connectivity index (χ2n) is 4.40. The van der Waals surface area contributed by atoms with Crippen molar-refractivity contribution in [1.82, 2.24) is 9.80 Å². The highest BCUT2D eigenvalue weighted by atomic mass is 35.5. The van der Waals surface area contributed by atoms with Gasteiger partial charge in [0.25, 0.3) is 0 Å². The number of piperazine rings is 1. The number of methoxy groups -OCH3 is 1. The number of ether oxygens (including phenoxy) is 1. The summed E-state index contributed by atoms with van der Waals surface area (Å²) in [7, 11) is 1.60. The fraction of sp³-hybridized carbons (Fsp3) is 0.385. The summed E-state index contributed by atoms with van der Waals surface area (Å²) in [5.74, 6) is 0.684. The van der Waals surface area contributed by atoms with Crippen molar-refractivity contribution in [3.8, 4) is 5.75 Å². The Balaban J connectivity index is 2.01. The summed E-state index contributed by atoms with van der Waals surface area (Å²) < 4.78 is 5.27. The first-order chi connectivity index (χ1) is 9.63. The molecule has 20 heavy (non-hydrogen) atoms. The highest BCUT2D eigenvalue weighted by Gasteiger charge is 2.18. The van der Waals surface area contributed by atoms with Crippen LogP contribution in [-0.2, 0) is 4.79 Å². The molecule has 2 rings (SSSR count). The van der Waals surface area contributed by atoms with Gasteiger partial charge < -0.3 is 19.9 Å². The lowest BCUT2D eigenvalue weighted by atomic mass is 10.3. The van der Waals surface area contributed by atoms with E-state index in [4.69, 9.17) is 28.6 Å². The van der Waals surface area contributed by atoms with Crippen LogP contribution in [0.4, 0.5) is 5.69 Å². The third-order valence-electron chi connectivity index (χ3n) is 3.15. The smallest absolute Gasteiger partial charge is 0.209 e. The molecule has 7 heteroatoms. The van der Waals surface area contributed by atoms with Crippen molar-refractivity contribution in [1.29, 1.82) is 0 Å². The van der Waals surface area contributed by atoms with Crippen molar-refractivity contribution in [3.05, 3.63) is 23.2 Å². The molecule has 1 N–H and O–H groups in total. The van der Waals surface area contributed by atoms with Crippen LogP contribution in [0.5, 0.6) is 5.75 Å².